The molecule has 236 valence electrons. The van der Waals surface area contributed by atoms with E-state index < -0.39 is 42.0 Å². The maximum atomic E-state index is 13.9. The molecule has 3 aromatic rings. The molecule has 0 bridgehead atoms. The second kappa shape index (κ2) is 14.8. The zero-order valence-electron chi connectivity index (χ0n) is 25.5. The molecular formula is C32H41N5O7. The predicted molar refractivity (Wildman–Crippen MR) is 162 cm³/mol. The lowest BCUT2D eigenvalue weighted by Gasteiger charge is -2.28. The Hall–Kier alpha value is -4.42. The van der Waals surface area contributed by atoms with E-state index in [1.165, 1.54) is 13.4 Å². The molecule has 1 aromatic heterocycles. The van der Waals surface area contributed by atoms with Gasteiger partial charge in [0.2, 0.25) is 0 Å². The van der Waals surface area contributed by atoms with Crippen molar-refractivity contribution in [2.45, 2.75) is 70.2 Å². The molecule has 0 saturated carbocycles. The fourth-order valence-electron chi connectivity index (χ4n) is 5.00. The third-order valence-electron chi connectivity index (χ3n) is 7.05. The molecule has 12 nitrogen and oxygen atoms in total. The van der Waals surface area contributed by atoms with Crippen LogP contribution in [0, 0.1) is 0 Å². The van der Waals surface area contributed by atoms with Gasteiger partial charge in [-0.2, -0.15) is 0 Å². The van der Waals surface area contributed by atoms with Crippen LogP contribution in [0.4, 0.5) is 10.6 Å². The molecule has 0 spiro atoms. The Morgan fingerprint density at radius 3 is 2.41 bits per heavy atom. The number of aliphatic hydroxyl groups excluding tert-OH is 1. The van der Waals surface area contributed by atoms with Gasteiger partial charge in [0.25, 0.3) is 5.91 Å². The zero-order chi connectivity index (χ0) is 31.7. The van der Waals surface area contributed by atoms with Crippen molar-refractivity contribution in [3.05, 3.63) is 84.3 Å². The quantitative estimate of drug-likeness (QED) is 0.208. The minimum Gasteiger partial charge on any atom is -0.467 e. The molecule has 4 atom stereocenters. The molecule has 1 aliphatic rings. The van der Waals surface area contributed by atoms with E-state index in [0.717, 1.165) is 5.56 Å². The number of hydrogen-bond acceptors (Lipinski definition) is 9. The number of alkyl carbamates (subject to hydrolysis) is 1. The van der Waals surface area contributed by atoms with E-state index in [-0.39, 0.29) is 24.9 Å². The molecule has 2 aromatic carbocycles. The summed E-state index contributed by atoms with van der Waals surface area (Å²) in [4.78, 5) is 44.8. The Balaban J connectivity index is 1.51. The number of nitrogens with zero attached hydrogens (tertiary/aromatic N) is 3. The SMILES string of the molecule is COC(=O)[C@@H]1CCCN1C(=O)C(c1ccccc1)n1cnc(N[C@H](O)[C@@H](COCc2ccccc2)NC(=O)OC(C)(C)C)c1. The van der Waals surface area contributed by atoms with Gasteiger partial charge in [0.15, 0.2) is 0 Å². The summed E-state index contributed by atoms with van der Waals surface area (Å²) < 4.78 is 17.8. The fraction of sp³-hybridized carbons (Fsp3) is 0.438. The van der Waals surface area contributed by atoms with Gasteiger partial charge in [-0.25, -0.2) is 14.6 Å². The van der Waals surface area contributed by atoms with Gasteiger partial charge in [-0.3, -0.25) is 4.79 Å². The van der Waals surface area contributed by atoms with Crippen LogP contribution in [0.3, 0.4) is 0 Å². The average Bonchev–Trinajstić information content (AvgIpc) is 3.67. The predicted octanol–water partition coefficient (Wildman–Crippen LogP) is 3.48. The van der Waals surface area contributed by atoms with Gasteiger partial charge in [0.1, 0.15) is 35.8 Å². The van der Waals surface area contributed by atoms with Crippen LogP contribution in [0.5, 0.6) is 0 Å². The number of aromatic nitrogens is 2. The van der Waals surface area contributed by atoms with E-state index >= 15 is 0 Å². The Kier molecular flexibility index (Phi) is 11.0. The van der Waals surface area contributed by atoms with Gasteiger partial charge in [-0.1, -0.05) is 60.7 Å². The third-order valence-corrected chi connectivity index (χ3v) is 7.05. The van der Waals surface area contributed by atoms with E-state index in [9.17, 15) is 19.5 Å². The number of carbonyl (C=O) groups excluding carboxylic acids is 3. The molecule has 1 saturated heterocycles. The number of anilines is 1. The molecule has 1 unspecified atom stereocenters. The summed E-state index contributed by atoms with van der Waals surface area (Å²) in [6.45, 7) is 5.91. The van der Waals surface area contributed by atoms with Gasteiger partial charge < -0.3 is 39.4 Å². The smallest absolute Gasteiger partial charge is 0.408 e. The van der Waals surface area contributed by atoms with Crippen molar-refractivity contribution in [2.75, 3.05) is 25.6 Å². The normalized spacial score (nSPS) is 16.9. The van der Waals surface area contributed by atoms with Gasteiger partial charge >= 0.3 is 12.1 Å². The van der Waals surface area contributed by atoms with Crippen molar-refractivity contribution in [1.82, 2.24) is 19.8 Å². The Morgan fingerprint density at radius 2 is 1.75 bits per heavy atom. The van der Waals surface area contributed by atoms with Gasteiger partial charge in [0, 0.05) is 12.7 Å². The van der Waals surface area contributed by atoms with Crippen LogP contribution < -0.4 is 10.6 Å². The van der Waals surface area contributed by atoms with E-state index in [1.807, 2.05) is 60.7 Å². The minimum atomic E-state index is -1.32. The van der Waals surface area contributed by atoms with Crippen molar-refractivity contribution >= 4 is 23.8 Å². The molecule has 0 aliphatic carbocycles. The highest BCUT2D eigenvalue weighted by atomic mass is 16.6. The monoisotopic (exact) mass is 607 g/mol. The first-order valence-electron chi connectivity index (χ1n) is 14.6. The lowest BCUT2D eigenvalue weighted by Crippen LogP contribution is -2.50. The van der Waals surface area contributed by atoms with Crippen molar-refractivity contribution in [2.24, 2.45) is 0 Å². The highest BCUT2D eigenvalue weighted by Gasteiger charge is 2.39. The molecule has 3 N–H and O–H groups in total. The molecule has 44 heavy (non-hydrogen) atoms. The molecule has 12 heteroatoms. The van der Waals surface area contributed by atoms with Crippen LogP contribution in [0.15, 0.2) is 73.2 Å². The van der Waals surface area contributed by atoms with Crippen molar-refractivity contribution in [3.8, 4) is 0 Å². The second-order valence-corrected chi connectivity index (χ2v) is 11.6. The number of carbonyl (C=O) groups is 3. The number of imidazole rings is 1. The summed E-state index contributed by atoms with van der Waals surface area (Å²) in [5.74, 6) is -0.458. The first-order chi connectivity index (χ1) is 21.1. The molecular weight excluding hydrogens is 566 g/mol. The molecule has 2 amide bonds. The first-order valence-corrected chi connectivity index (χ1v) is 14.6. The molecule has 1 aliphatic heterocycles. The maximum Gasteiger partial charge on any atom is 0.408 e. The van der Waals surface area contributed by atoms with Crippen molar-refractivity contribution < 1.29 is 33.7 Å². The Bertz CT molecular complexity index is 1380. The number of hydrogen-bond donors (Lipinski definition) is 3. The molecule has 1 fully saturated rings. The van der Waals surface area contributed by atoms with Crippen LogP contribution in [-0.4, -0.2) is 81.7 Å². The minimum absolute atomic E-state index is 0.0297. The van der Waals surface area contributed by atoms with Gasteiger partial charge in [-0.15, -0.1) is 0 Å². The number of rotatable bonds is 12. The van der Waals surface area contributed by atoms with Gasteiger partial charge in [-0.05, 0) is 44.7 Å². The topological polar surface area (TPSA) is 144 Å². The highest BCUT2D eigenvalue weighted by molar-refractivity contribution is 5.89. The van der Waals surface area contributed by atoms with E-state index in [0.29, 0.717) is 24.9 Å². The summed E-state index contributed by atoms with van der Waals surface area (Å²) in [6.07, 6.45) is 2.26. The van der Waals surface area contributed by atoms with Crippen LogP contribution in [0.2, 0.25) is 0 Å². The number of methoxy groups -OCH3 is 1. The van der Waals surface area contributed by atoms with E-state index in [1.54, 1.807) is 36.4 Å². The first kappa shape index (κ1) is 32.5. The lowest BCUT2D eigenvalue weighted by atomic mass is 10.0. The number of amides is 2. The highest BCUT2D eigenvalue weighted by Crippen LogP contribution is 2.28. The van der Waals surface area contributed by atoms with Gasteiger partial charge in [0.05, 0.1) is 26.7 Å². The second-order valence-electron chi connectivity index (χ2n) is 11.6. The summed E-state index contributed by atoms with van der Waals surface area (Å²) in [6, 6.07) is 16.3. The van der Waals surface area contributed by atoms with Crippen LogP contribution in [0.1, 0.15) is 50.8 Å². The number of benzene rings is 2. The van der Waals surface area contributed by atoms with Crippen molar-refractivity contribution in [1.29, 1.82) is 0 Å². The maximum absolute atomic E-state index is 13.9. The van der Waals surface area contributed by atoms with Crippen LogP contribution in [-0.2, 0) is 30.4 Å². The number of esters is 1. The lowest BCUT2D eigenvalue weighted by molar-refractivity contribution is -0.151. The summed E-state index contributed by atoms with van der Waals surface area (Å²) >= 11 is 0. The number of likely N-dealkylation sites (tertiary alicyclic amines) is 1. The number of aliphatic hydroxyl groups is 1. The zero-order valence-corrected chi connectivity index (χ0v) is 25.5. The Labute approximate surface area is 257 Å². The van der Waals surface area contributed by atoms with E-state index in [2.05, 4.69) is 15.6 Å². The summed E-state index contributed by atoms with van der Waals surface area (Å²) in [7, 11) is 1.31. The number of nitrogens with one attached hydrogen (secondary N) is 2. The molecule has 0 radical (unpaired) electrons. The Morgan fingerprint density at radius 1 is 1.07 bits per heavy atom. The standard InChI is InChI=1S/C32H41N5O7/c1-32(2,3)44-31(41)34-24(20-43-19-22-12-7-5-8-13-22)28(38)35-26-18-36(21-33-26)27(23-14-9-6-10-15-23)29(39)37-17-11-16-25(37)30(40)42-4/h5-10,12-15,18,21,24-25,27-28,35,38H,11,16-17,19-20H2,1-4H3,(H,34,41)/t24-,25+,27?,28-/m1/s1. The number of ether oxygens (including phenoxy) is 3. The van der Waals surface area contributed by atoms with E-state index in [4.69, 9.17) is 14.2 Å². The largest absolute Gasteiger partial charge is 0.467 e. The van der Waals surface area contributed by atoms with Crippen molar-refractivity contribution in [3.63, 3.8) is 0 Å². The summed E-state index contributed by atoms with van der Waals surface area (Å²) in [5.41, 5.74) is 0.905. The molecule has 4 rings (SSSR count). The molecule has 2 heterocycles. The van der Waals surface area contributed by atoms with Crippen LogP contribution >= 0.6 is 0 Å². The third kappa shape index (κ3) is 8.80. The summed E-state index contributed by atoms with van der Waals surface area (Å²) in [5, 5.41) is 16.7. The average molecular weight is 608 g/mol. The van der Waals surface area contributed by atoms with Crippen LogP contribution in [0.25, 0.3) is 0 Å². The fourth-order valence-corrected chi connectivity index (χ4v) is 5.00.